The number of rotatable bonds is 4. The third-order valence-corrected chi connectivity index (χ3v) is 4.98. The quantitative estimate of drug-likeness (QED) is 0.805. The maximum Gasteiger partial charge on any atom is 0.263 e. The van der Waals surface area contributed by atoms with Crippen molar-refractivity contribution < 1.29 is 13.2 Å². The Kier molecular flexibility index (Phi) is 4.38. The van der Waals surface area contributed by atoms with Crippen molar-refractivity contribution in [2.24, 2.45) is 0 Å². The normalized spacial score (nSPS) is 11.2. The van der Waals surface area contributed by atoms with Gasteiger partial charge in [-0.05, 0) is 46.6 Å². The summed E-state index contributed by atoms with van der Waals surface area (Å²) in [5, 5.41) is 0. The molecule has 8 heteroatoms. The number of pyridine rings is 1. The zero-order chi connectivity index (χ0) is 15.6. The van der Waals surface area contributed by atoms with Gasteiger partial charge in [0.2, 0.25) is 0 Å². The van der Waals surface area contributed by atoms with Gasteiger partial charge in [0, 0.05) is 16.7 Å². The Bertz CT molecular complexity index is 778. The largest absolute Gasteiger partial charge is 0.495 e. The molecule has 0 aliphatic heterocycles. The van der Waals surface area contributed by atoms with Crippen LogP contribution in [0.5, 0.6) is 5.75 Å². The number of aromatic nitrogens is 1. The SMILES string of the molecule is COc1cc(S(=O)(=O)Nc2cc(C)c(Br)cn2)ccc1N. The highest BCUT2D eigenvalue weighted by molar-refractivity contribution is 9.10. The number of nitrogens with one attached hydrogen (secondary N) is 1. The number of methoxy groups -OCH3 is 1. The van der Waals surface area contributed by atoms with Gasteiger partial charge in [0.1, 0.15) is 11.6 Å². The number of ether oxygens (including phenoxy) is 1. The number of hydrogen-bond acceptors (Lipinski definition) is 5. The van der Waals surface area contributed by atoms with E-state index in [1.807, 2.05) is 6.92 Å². The van der Waals surface area contributed by atoms with E-state index in [1.54, 1.807) is 6.07 Å². The minimum Gasteiger partial charge on any atom is -0.495 e. The lowest BCUT2D eigenvalue weighted by atomic mass is 10.3. The molecule has 1 aromatic carbocycles. The first kappa shape index (κ1) is 15.6. The summed E-state index contributed by atoms with van der Waals surface area (Å²) in [4.78, 5) is 4.07. The number of anilines is 2. The summed E-state index contributed by atoms with van der Waals surface area (Å²) >= 11 is 3.31. The maximum atomic E-state index is 12.3. The lowest BCUT2D eigenvalue weighted by Gasteiger charge is -2.10. The average Bonchev–Trinajstić information content (AvgIpc) is 2.43. The molecule has 2 rings (SSSR count). The molecule has 0 saturated carbocycles. The summed E-state index contributed by atoms with van der Waals surface area (Å²) < 4.78 is 32.9. The van der Waals surface area contributed by atoms with Crippen LogP contribution in [0.3, 0.4) is 0 Å². The summed E-state index contributed by atoms with van der Waals surface area (Å²) in [6, 6.07) is 5.89. The third kappa shape index (κ3) is 3.45. The van der Waals surface area contributed by atoms with Crippen molar-refractivity contribution in [3.63, 3.8) is 0 Å². The van der Waals surface area contributed by atoms with Gasteiger partial charge >= 0.3 is 0 Å². The molecule has 112 valence electrons. The van der Waals surface area contributed by atoms with Crippen molar-refractivity contribution in [3.05, 3.63) is 40.5 Å². The summed E-state index contributed by atoms with van der Waals surface area (Å²) in [5.41, 5.74) is 6.92. The van der Waals surface area contributed by atoms with E-state index >= 15 is 0 Å². The number of nitrogens with two attached hydrogens (primary N) is 1. The van der Waals surface area contributed by atoms with Gasteiger partial charge in [-0.1, -0.05) is 0 Å². The van der Waals surface area contributed by atoms with Gasteiger partial charge in [0.05, 0.1) is 17.7 Å². The Balaban J connectivity index is 2.35. The van der Waals surface area contributed by atoms with Crippen molar-refractivity contribution in [2.75, 3.05) is 17.6 Å². The van der Waals surface area contributed by atoms with Crippen molar-refractivity contribution in [1.82, 2.24) is 4.98 Å². The van der Waals surface area contributed by atoms with Crippen LogP contribution in [0.1, 0.15) is 5.56 Å². The molecule has 0 fully saturated rings. The first-order valence-corrected chi connectivity index (χ1v) is 8.19. The van der Waals surface area contributed by atoms with Crippen LogP contribution in [-0.2, 0) is 10.0 Å². The van der Waals surface area contributed by atoms with Gasteiger partial charge in [-0.25, -0.2) is 13.4 Å². The van der Waals surface area contributed by atoms with Crippen molar-refractivity contribution in [1.29, 1.82) is 0 Å². The molecular formula is C13H14BrN3O3S. The minimum atomic E-state index is -3.76. The molecule has 3 N–H and O–H groups in total. The molecule has 0 bridgehead atoms. The molecule has 1 aromatic heterocycles. The fourth-order valence-corrected chi connectivity index (χ4v) is 2.88. The van der Waals surface area contributed by atoms with E-state index in [-0.39, 0.29) is 10.7 Å². The van der Waals surface area contributed by atoms with E-state index in [0.717, 1.165) is 10.0 Å². The topological polar surface area (TPSA) is 94.3 Å². The number of aryl methyl sites for hydroxylation is 1. The van der Waals surface area contributed by atoms with E-state index in [2.05, 4.69) is 25.6 Å². The van der Waals surface area contributed by atoms with Crippen LogP contribution in [-0.4, -0.2) is 20.5 Å². The van der Waals surface area contributed by atoms with Gasteiger partial charge in [-0.15, -0.1) is 0 Å². The van der Waals surface area contributed by atoms with Gasteiger partial charge in [-0.3, -0.25) is 4.72 Å². The molecule has 0 radical (unpaired) electrons. The summed E-state index contributed by atoms with van der Waals surface area (Å²) in [7, 11) is -2.33. The fraction of sp³-hybridized carbons (Fsp3) is 0.154. The van der Waals surface area contributed by atoms with Gasteiger partial charge in [0.15, 0.2) is 0 Å². The predicted molar refractivity (Wildman–Crippen MR) is 84.9 cm³/mol. The van der Waals surface area contributed by atoms with Crippen LogP contribution < -0.4 is 15.2 Å². The first-order valence-electron chi connectivity index (χ1n) is 5.92. The Hall–Kier alpha value is -1.80. The summed E-state index contributed by atoms with van der Waals surface area (Å²) in [5.74, 6) is 0.546. The molecule has 1 heterocycles. The monoisotopic (exact) mass is 371 g/mol. The molecule has 0 aliphatic carbocycles. The summed E-state index contributed by atoms with van der Waals surface area (Å²) in [6.07, 6.45) is 1.54. The molecule has 0 spiro atoms. The number of nitrogen functional groups attached to an aromatic ring is 1. The van der Waals surface area contributed by atoms with Crippen LogP contribution in [0.2, 0.25) is 0 Å². The summed E-state index contributed by atoms with van der Waals surface area (Å²) in [6.45, 7) is 1.84. The molecule has 0 amide bonds. The Morgan fingerprint density at radius 3 is 2.67 bits per heavy atom. The van der Waals surface area contributed by atoms with Crippen LogP contribution in [0.25, 0.3) is 0 Å². The van der Waals surface area contributed by atoms with Crippen molar-refractivity contribution in [3.8, 4) is 5.75 Å². The number of halogens is 1. The number of sulfonamides is 1. The van der Waals surface area contributed by atoms with E-state index in [0.29, 0.717) is 11.4 Å². The van der Waals surface area contributed by atoms with Gasteiger partial charge in [0.25, 0.3) is 10.0 Å². The van der Waals surface area contributed by atoms with Crippen LogP contribution in [0, 0.1) is 6.92 Å². The van der Waals surface area contributed by atoms with E-state index < -0.39 is 10.0 Å². The molecule has 2 aromatic rings. The third-order valence-electron chi connectivity index (χ3n) is 2.80. The molecule has 0 atom stereocenters. The minimum absolute atomic E-state index is 0.0518. The highest BCUT2D eigenvalue weighted by Crippen LogP contribution is 2.26. The van der Waals surface area contributed by atoms with Crippen molar-refractivity contribution in [2.45, 2.75) is 11.8 Å². The van der Waals surface area contributed by atoms with Crippen LogP contribution >= 0.6 is 15.9 Å². The zero-order valence-electron chi connectivity index (χ0n) is 11.4. The molecule has 0 saturated heterocycles. The van der Waals surface area contributed by atoms with E-state index in [1.165, 1.54) is 31.5 Å². The second-order valence-corrected chi connectivity index (χ2v) is 6.86. The number of hydrogen-bond donors (Lipinski definition) is 2. The van der Waals surface area contributed by atoms with Crippen molar-refractivity contribution >= 4 is 37.5 Å². The maximum absolute atomic E-state index is 12.3. The predicted octanol–water partition coefficient (Wildman–Crippen LogP) is 2.54. The molecule has 6 nitrogen and oxygen atoms in total. The molecular weight excluding hydrogens is 358 g/mol. The number of nitrogens with zero attached hydrogens (tertiary/aromatic N) is 1. The smallest absolute Gasteiger partial charge is 0.263 e. The number of benzene rings is 1. The second-order valence-electron chi connectivity index (χ2n) is 4.33. The van der Waals surface area contributed by atoms with Crippen LogP contribution in [0.15, 0.2) is 39.8 Å². The highest BCUT2D eigenvalue weighted by Gasteiger charge is 2.17. The second kappa shape index (κ2) is 5.90. The Labute approximate surface area is 131 Å². The Morgan fingerprint density at radius 1 is 1.33 bits per heavy atom. The molecule has 0 aliphatic rings. The lowest BCUT2D eigenvalue weighted by Crippen LogP contribution is -2.14. The Morgan fingerprint density at radius 2 is 2.05 bits per heavy atom. The molecule has 21 heavy (non-hydrogen) atoms. The lowest BCUT2D eigenvalue weighted by molar-refractivity contribution is 0.415. The van der Waals surface area contributed by atoms with E-state index in [4.69, 9.17) is 10.5 Å². The van der Waals surface area contributed by atoms with Gasteiger partial charge in [-0.2, -0.15) is 0 Å². The highest BCUT2D eigenvalue weighted by atomic mass is 79.9. The standard InChI is InChI=1S/C13H14BrN3O3S/c1-8-5-13(16-7-10(8)14)17-21(18,19)9-3-4-11(15)12(6-9)20-2/h3-7H,15H2,1-2H3,(H,16,17). The fourth-order valence-electron chi connectivity index (χ4n) is 1.65. The first-order chi connectivity index (χ1) is 9.83. The zero-order valence-corrected chi connectivity index (χ0v) is 13.8. The van der Waals surface area contributed by atoms with Gasteiger partial charge < -0.3 is 10.5 Å². The average molecular weight is 372 g/mol. The molecule has 0 unspecified atom stereocenters. The van der Waals surface area contributed by atoms with E-state index in [9.17, 15) is 8.42 Å². The van der Waals surface area contributed by atoms with Crippen LogP contribution in [0.4, 0.5) is 11.5 Å².